The number of carbonyl (C=O) groups is 2. The van der Waals surface area contributed by atoms with Crippen molar-refractivity contribution in [3.05, 3.63) is 0 Å². The number of carboxylic acids is 2. The Bertz CT molecular complexity index is 232. The minimum absolute atomic E-state index is 0.0834. The number of hydrogen-bond acceptors (Lipinski definition) is 4. The molecule has 0 atom stereocenters. The van der Waals surface area contributed by atoms with E-state index >= 15 is 0 Å². The number of methoxy groups -OCH3 is 1. The van der Waals surface area contributed by atoms with Crippen molar-refractivity contribution in [3.63, 3.8) is 0 Å². The number of nitrogens with zero attached hydrogens (tertiary/aromatic N) is 1. The number of carboxylic acid groups (broad SMARTS) is 2. The van der Waals surface area contributed by atoms with Crippen LogP contribution in [0.5, 0.6) is 0 Å². The van der Waals surface area contributed by atoms with Crippen molar-refractivity contribution < 1.29 is 24.5 Å². The smallest absolute Gasteiger partial charge is 0.304 e. The summed E-state index contributed by atoms with van der Waals surface area (Å²) in [7, 11) is 1.62. The molecule has 0 bridgehead atoms. The van der Waals surface area contributed by atoms with E-state index in [1.165, 1.54) is 0 Å². The van der Waals surface area contributed by atoms with Gasteiger partial charge in [0, 0.05) is 33.2 Å². The highest BCUT2D eigenvalue weighted by Crippen LogP contribution is 1.99. The molecule has 0 fully saturated rings. The monoisotopic (exact) mass is 247 g/mol. The molecule has 0 spiro atoms. The minimum Gasteiger partial charge on any atom is -0.481 e. The van der Waals surface area contributed by atoms with Crippen LogP contribution in [0.2, 0.25) is 0 Å². The third-order valence-electron chi connectivity index (χ3n) is 2.33. The summed E-state index contributed by atoms with van der Waals surface area (Å²) in [4.78, 5) is 22.8. The summed E-state index contributed by atoms with van der Waals surface area (Å²) in [5.74, 6) is -1.65. The Balaban J connectivity index is 3.83. The van der Waals surface area contributed by atoms with Gasteiger partial charge in [0.2, 0.25) is 0 Å². The summed E-state index contributed by atoms with van der Waals surface area (Å²) >= 11 is 0. The second-order valence-corrected chi connectivity index (χ2v) is 3.83. The van der Waals surface area contributed by atoms with E-state index in [9.17, 15) is 9.59 Å². The molecule has 0 heterocycles. The van der Waals surface area contributed by atoms with Crippen LogP contribution in [0.15, 0.2) is 0 Å². The summed E-state index contributed by atoms with van der Waals surface area (Å²) in [5, 5.41) is 17.1. The predicted molar refractivity (Wildman–Crippen MR) is 62.1 cm³/mol. The van der Waals surface area contributed by atoms with Gasteiger partial charge in [-0.2, -0.15) is 0 Å². The Morgan fingerprint density at radius 1 is 1.00 bits per heavy atom. The van der Waals surface area contributed by atoms with E-state index in [2.05, 4.69) is 0 Å². The molecule has 0 radical (unpaired) electrons. The zero-order valence-corrected chi connectivity index (χ0v) is 10.2. The Morgan fingerprint density at radius 2 is 1.59 bits per heavy atom. The predicted octanol–water partition coefficient (Wildman–Crippen LogP) is 0.664. The van der Waals surface area contributed by atoms with E-state index < -0.39 is 11.9 Å². The molecule has 6 nitrogen and oxygen atoms in total. The molecule has 0 aromatic carbocycles. The van der Waals surface area contributed by atoms with Crippen LogP contribution >= 0.6 is 0 Å². The third-order valence-corrected chi connectivity index (χ3v) is 2.33. The van der Waals surface area contributed by atoms with Crippen molar-refractivity contribution in [3.8, 4) is 0 Å². The van der Waals surface area contributed by atoms with Crippen LogP contribution in [0.4, 0.5) is 0 Å². The Hall–Kier alpha value is -1.14. The van der Waals surface area contributed by atoms with Crippen LogP contribution in [-0.2, 0) is 14.3 Å². The second-order valence-electron chi connectivity index (χ2n) is 3.83. The number of ether oxygens (including phenoxy) is 1. The summed E-state index contributed by atoms with van der Waals surface area (Å²) < 4.78 is 4.92. The van der Waals surface area contributed by atoms with Crippen LogP contribution in [0.3, 0.4) is 0 Å². The molecule has 17 heavy (non-hydrogen) atoms. The van der Waals surface area contributed by atoms with E-state index in [1.807, 2.05) is 4.90 Å². The zero-order valence-electron chi connectivity index (χ0n) is 10.2. The lowest BCUT2D eigenvalue weighted by atomic mass is 10.2. The van der Waals surface area contributed by atoms with E-state index in [1.54, 1.807) is 7.11 Å². The largest absolute Gasteiger partial charge is 0.481 e. The van der Waals surface area contributed by atoms with Gasteiger partial charge in [-0.05, 0) is 19.4 Å². The molecule has 0 aliphatic heterocycles. The van der Waals surface area contributed by atoms with E-state index in [0.29, 0.717) is 26.1 Å². The zero-order chi connectivity index (χ0) is 13.1. The molecule has 6 heteroatoms. The minimum atomic E-state index is -0.833. The molecule has 0 aliphatic carbocycles. The maximum Gasteiger partial charge on any atom is 0.304 e. The average molecular weight is 247 g/mol. The van der Waals surface area contributed by atoms with Gasteiger partial charge in [-0.25, -0.2) is 0 Å². The molecule has 0 amide bonds. The number of aliphatic carboxylic acids is 2. The molecule has 0 aliphatic rings. The summed E-state index contributed by atoms with van der Waals surface area (Å²) in [6.45, 7) is 2.44. The van der Waals surface area contributed by atoms with Gasteiger partial charge in [0.1, 0.15) is 0 Å². The average Bonchev–Trinajstić information content (AvgIpc) is 2.24. The number of rotatable bonds is 11. The maximum atomic E-state index is 10.5. The van der Waals surface area contributed by atoms with Crippen molar-refractivity contribution in [1.82, 2.24) is 4.90 Å². The van der Waals surface area contributed by atoms with Crippen LogP contribution in [0, 0.1) is 0 Å². The molecular weight excluding hydrogens is 226 g/mol. The van der Waals surface area contributed by atoms with Gasteiger partial charge in [0.25, 0.3) is 0 Å². The van der Waals surface area contributed by atoms with Gasteiger partial charge < -0.3 is 19.8 Å². The molecule has 0 aromatic heterocycles. The lowest BCUT2D eigenvalue weighted by Gasteiger charge is -2.20. The van der Waals surface area contributed by atoms with Crippen molar-refractivity contribution in [2.75, 3.05) is 33.4 Å². The topological polar surface area (TPSA) is 87.1 Å². The molecule has 0 unspecified atom stereocenters. The van der Waals surface area contributed by atoms with Gasteiger partial charge in [-0.15, -0.1) is 0 Å². The summed E-state index contributed by atoms with van der Waals surface area (Å²) in [6, 6.07) is 0. The first-order valence-corrected chi connectivity index (χ1v) is 5.71. The van der Waals surface area contributed by atoms with Crippen molar-refractivity contribution in [2.45, 2.75) is 25.7 Å². The van der Waals surface area contributed by atoms with Crippen LogP contribution in [0.1, 0.15) is 25.7 Å². The quantitative estimate of drug-likeness (QED) is 0.522. The van der Waals surface area contributed by atoms with Gasteiger partial charge in [-0.1, -0.05) is 0 Å². The lowest BCUT2D eigenvalue weighted by Crippen LogP contribution is -2.29. The van der Waals surface area contributed by atoms with Crippen LogP contribution < -0.4 is 0 Å². The molecule has 0 rings (SSSR count). The molecule has 0 saturated carbocycles. The molecule has 100 valence electrons. The fraction of sp³-hybridized carbons (Fsp3) is 0.818. The van der Waals surface area contributed by atoms with Crippen LogP contribution in [-0.4, -0.2) is 60.4 Å². The fourth-order valence-electron chi connectivity index (χ4n) is 1.48. The van der Waals surface area contributed by atoms with Gasteiger partial charge in [0.15, 0.2) is 0 Å². The Labute approximate surface area is 101 Å². The first-order valence-electron chi connectivity index (χ1n) is 5.71. The molecule has 0 saturated heterocycles. The second kappa shape index (κ2) is 10.0. The van der Waals surface area contributed by atoms with E-state index in [4.69, 9.17) is 14.9 Å². The number of hydrogen-bond donors (Lipinski definition) is 2. The normalized spacial score (nSPS) is 10.7. The van der Waals surface area contributed by atoms with Crippen molar-refractivity contribution >= 4 is 11.9 Å². The first kappa shape index (κ1) is 15.9. The van der Waals surface area contributed by atoms with Crippen LogP contribution in [0.25, 0.3) is 0 Å². The van der Waals surface area contributed by atoms with Gasteiger partial charge >= 0.3 is 11.9 Å². The highest BCUT2D eigenvalue weighted by Gasteiger charge is 2.08. The molecule has 2 N–H and O–H groups in total. The van der Waals surface area contributed by atoms with Gasteiger partial charge in [-0.3, -0.25) is 9.59 Å². The summed E-state index contributed by atoms with van der Waals surface area (Å²) in [6.07, 6.45) is 1.57. The maximum absolute atomic E-state index is 10.5. The van der Waals surface area contributed by atoms with Gasteiger partial charge in [0.05, 0.1) is 6.42 Å². The van der Waals surface area contributed by atoms with Crippen molar-refractivity contribution in [2.24, 2.45) is 0 Å². The lowest BCUT2D eigenvalue weighted by molar-refractivity contribution is -0.138. The van der Waals surface area contributed by atoms with E-state index in [0.717, 1.165) is 13.0 Å². The highest BCUT2D eigenvalue weighted by molar-refractivity contribution is 5.67. The molecular formula is C11H21NO5. The third kappa shape index (κ3) is 11.1. The summed E-state index contributed by atoms with van der Waals surface area (Å²) in [5.41, 5.74) is 0. The highest BCUT2D eigenvalue weighted by atomic mass is 16.5. The SMILES string of the molecule is COCCCN(CCCC(=O)O)CCC(=O)O. The standard InChI is InChI=1S/C11H21NO5/c1-17-9-3-7-12(8-5-11(15)16)6-2-4-10(13)14/h2-9H2,1H3,(H,13,14)(H,15,16). The van der Waals surface area contributed by atoms with E-state index in [-0.39, 0.29) is 12.8 Å². The fourth-order valence-corrected chi connectivity index (χ4v) is 1.48. The first-order chi connectivity index (χ1) is 8.06. The Morgan fingerprint density at radius 3 is 2.12 bits per heavy atom. The Kier molecular flexibility index (Phi) is 9.37. The van der Waals surface area contributed by atoms with Crippen molar-refractivity contribution in [1.29, 1.82) is 0 Å². The molecule has 0 aromatic rings.